The van der Waals surface area contributed by atoms with Gasteiger partial charge in [-0.25, -0.2) is 14.1 Å². The third-order valence-electron chi connectivity index (χ3n) is 5.82. The summed E-state index contributed by atoms with van der Waals surface area (Å²) in [6.45, 7) is 2.06. The molecule has 1 saturated heterocycles. The number of rotatable bonds is 4. The zero-order chi connectivity index (χ0) is 20.9. The van der Waals surface area contributed by atoms with Gasteiger partial charge in [0.05, 0.1) is 36.4 Å². The molecule has 0 aliphatic carbocycles. The van der Waals surface area contributed by atoms with E-state index in [0.717, 1.165) is 0 Å². The van der Waals surface area contributed by atoms with E-state index >= 15 is 0 Å². The first-order valence-corrected chi connectivity index (χ1v) is 9.67. The molecule has 5 rings (SSSR count). The summed E-state index contributed by atoms with van der Waals surface area (Å²) >= 11 is 0. The molecule has 2 aliphatic rings. The van der Waals surface area contributed by atoms with Gasteiger partial charge in [-0.2, -0.15) is 0 Å². The molecule has 3 aromatic rings. The summed E-state index contributed by atoms with van der Waals surface area (Å²) in [4.78, 5) is 6.12. The molecule has 10 heteroatoms. The quantitative estimate of drug-likeness (QED) is 0.628. The highest BCUT2D eigenvalue weighted by Crippen LogP contribution is 2.35. The number of aromatic nitrogens is 6. The Morgan fingerprint density at radius 1 is 1.33 bits per heavy atom. The predicted molar refractivity (Wildman–Crippen MR) is 108 cm³/mol. The molecule has 9 nitrogen and oxygen atoms in total. The molecule has 2 bridgehead atoms. The summed E-state index contributed by atoms with van der Waals surface area (Å²) in [7, 11) is 1.78. The van der Waals surface area contributed by atoms with Crippen LogP contribution in [0.15, 0.2) is 48.9 Å². The molecule has 1 aromatic carbocycles. The summed E-state index contributed by atoms with van der Waals surface area (Å²) < 4.78 is 16.5. The lowest BCUT2D eigenvalue weighted by molar-refractivity contribution is 0.155. The number of nitrogens with zero attached hydrogens (tertiary/aromatic N) is 7. The Bertz CT molecular complexity index is 1090. The van der Waals surface area contributed by atoms with E-state index in [4.69, 9.17) is 0 Å². The molecule has 4 heterocycles. The van der Waals surface area contributed by atoms with Crippen LogP contribution >= 0.6 is 0 Å². The molecule has 2 aromatic heterocycles. The van der Waals surface area contributed by atoms with E-state index in [1.807, 2.05) is 12.2 Å². The molecule has 0 amide bonds. The fourth-order valence-corrected chi connectivity index (χ4v) is 4.17. The van der Waals surface area contributed by atoms with E-state index in [-0.39, 0.29) is 23.4 Å². The number of nitrogens with one attached hydrogen (secondary N) is 1. The Hall–Kier alpha value is -3.40. The number of hydrogen-bond acceptors (Lipinski definition) is 8. The van der Waals surface area contributed by atoms with Gasteiger partial charge in [0.1, 0.15) is 17.6 Å². The lowest BCUT2D eigenvalue weighted by Crippen LogP contribution is -2.60. The number of benzene rings is 1. The summed E-state index contributed by atoms with van der Waals surface area (Å²) in [6, 6.07) is 4.41. The Balaban J connectivity index is 1.37. The molecule has 154 valence electrons. The topological polar surface area (TPSA) is 105 Å². The van der Waals surface area contributed by atoms with Gasteiger partial charge in [0.15, 0.2) is 0 Å². The minimum absolute atomic E-state index is 0.0259. The monoisotopic (exact) mass is 408 g/mol. The SMILES string of the molecule is CN(c1ncc(-c2ccc(-n3ccnn3)cc2O)nn1)[C@H]1C[C@]2(C)C=C[C@@H](N2)[C@@H]1F. The van der Waals surface area contributed by atoms with Crippen molar-refractivity contribution < 1.29 is 9.50 Å². The van der Waals surface area contributed by atoms with Crippen LogP contribution in [0.4, 0.5) is 10.3 Å². The van der Waals surface area contributed by atoms with Crippen LogP contribution in [-0.2, 0) is 0 Å². The van der Waals surface area contributed by atoms with Crippen LogP contribution in [0.1, 0.15) is 13.3 Å². The van der Waals surface area contributed by atoms with Crippen LogP contribution in [-0.4, -0.2) is 66.1 Å². The van der Waals surface area contributed by atoms with Gasteiger partial charge in [-0.15, -0.1) is 15.3 Å². The van der Waals surface area contributed by atoms with Crippen LogP contribution in [0.2, 0.25) is 0 Å². The second-order valence-corrected chi connectivity index (χ2v) is 7.97. The normalized spacial score (nSPS) is 27.4. The number of halogens is 1. The summed E-state index contributed by atoms with van der Waals surface area (Å²) in [5.74, 6) is 0.369. The molecule has 30 heavy (non-hydrogen) atoms. The second kappa shape index (κ2) is 6.84. The standard InChI is InChI=1S/C20H21FN8O/c1-20-6-5-14(24-20)18(21)16(10-20)28(2)19-22-11-15(25-26-19)13-4-3-12(9-17(13)30)29-8-7-23-27-29/h3-9,11,14,16,18,24,30H,10H2,1-2H3/t14-,16+,18+,20+/m1/s1. The second-order valence-electron chi connectivity index (χ2n) is 7.97. The van der Waals surface area contributed by atoms with Gasteiger partial charge in [-0.3, -0.25) is 5.32 Å². The van der Waals surface area contributed by atoms with E-state index < -0.39 is 6.17 Å². The Labute approximate surface area is 172 Å². The number of phenols is 1. The maximum Gasteiger partial charge on any atom is 0.245 e. The van der Waals surface area contributed by atoms with Crippen LogP contribution in [0.25, 0.3) is 16.9 Å². The van der Waals surface area contributed by atoms with E-state index in [1.54, 1.807) is 47.2 Å². The van der Waals surface area contributed by atoms with Gasteiger partial charge in [0, 0.05) is 24.2 Å². The molecular weight excluding hydrogens is 387 g/mol. The van der Waals surface area contributed by atoms with Gasteiger partial charge in [-0.1, -0.05) is 17.4 Å². The molecule has 0 saturated carbocycles. The van der Waals surface area contributed by atoms with Crippen LogP contribution < -0.4 is 10.2 Å². The Morgan fingerprint density at radius 2 is 2.20 bits per heavy atom. The highest BCUT2D eigenvalue weighted by atomic mass is 19.1. The number of phenolic OH excluding ortho intramolecular Hbond substituents is 1. The van der Waals surface area contributed by atoms with Crippen molar-refractivity contribution in [2.45, 2.75) is 37.1 Å². The van der Waals surface area contributed by atoms with Crippen molar-refractivity contribution in [1.29, 1.82) is 0 Å². The van der Waals surface area contributed by atoms with Gasteiger partial charge in [-0.05, 0) is 25.5 Å². The maximum atomic E-state index is 14.9. The average molecular weight is 408 g/mol. The number of aromatic hydroxyl groups is 1. The fraction of sp³-hybridized carbons (Fsp3) is 0.350. The summed E-state index contributed by atoms with van der Waals surface area (Å²) in [6.07, 6.45) is 8.24. The van der Waals surface area contributed by atoms with E-state index in [2.05, 4.69) is 37.7 Å². The van der Waals surface area contributed by atoms with Gasteiger partial charge in [0.25, 0.3) is 0 Å². The fourth-order valence-electron chi connectivity index (χ4n) is 4.17. The van der Waals surface area contributed by atoms with Gasteiger partial charge in [0.2, 0.25) is 5.95 Å². The van der Waals surface area contributed by atoms with Crippen molar-refractivity contribution >= 4 is 5.95 Å². The summed E-state index contributed by atoms with van der Waals surface area (Å²) in [5.41, 5.74) is 1.36. The number of fused-ring (bicyclic) bond motifs is 2. The summed E-state index contributed by atoms with van der Waals surface area (Å²) in [5, 5.41) is 29.8. The molecule has 4 atom stereocenters. The highest BCUT2D eigenvalue weighted by molar-refractivity contribution is 5.68. The van der Waals surface area contributed by atoms with Crippen LogP contribution in [0.3, 0.4) is 0 Å². The molecular formula is C20H21FN8O. The first kappa shape index (κ1) is 18.6. The smallest absolute Gasteiger partial charge is 0.245 e. The van der Waals surface area contributed by atoms with Gasteiger partial charge < -0.3 is 10.0 Å². The zero-order valence-electron chi connectivity index (χ0n) is 16.5. The predicted octanol–water partition coefficient (Wildman–Crippen LogP) is 1.66. The number of alkyl halides is 1. The first-order chi connectivity index (χ1) is 14.4. The van der Waals surface area contributed by atoms with Crippen molar-refractivity contribution in [3.63, 3.8) is 0 Å². The Kier molecular flexibility index (Phi) is 4.24. The number of piperidine rings is 1. The maximum absolute atomic E-state index is 14.9. The third kappa shape index (κ3) is 3.09. The molecule has 0 spiro atoms. The van der Waals surface area contributed by atoms with Crippen LogP contribution in [0.5, 0.6) is 5.75 Å². The Morgan fingerprint density at radius 3 is 2.90 bits per heavy atom. The molecule has 2 aliphatic heterocycles. The minimum atomic E-state index is -1.07. The molecule has 2 N–H and O–H groups in total. The van der Waals surface area contributed by atoms with E-state index in [9.17, 15) is 9.50 Å². The lowest BCUT2D eigenvalue weighted by atomic mass is 9.87. The van der Waals surface area contributed by atoms with E-state index in [0.29, 0.717) is 29.3 Å². The largest absolute Gasteiger partial charge is 0.507 e. The van der Waals surface area contributed by atoms with Crippen LogP contribution in [0, 0.1) is 0 Å². The first-order valence-electron chi connectivity index (χ1n) is 9.67. The highest BCUT2D eigenvalue weighted by Gasteiger charge is 2.47. The third-order valence-corrected chi connectivity index (χ3v) is 5.82. The van der Waals surface area contributed by atoms with E-state index in [1.165, 1.54) is 6.20 Å². The number of hydrogen-bond donors (Lipinski definition) is 2. The van der Waals surface area contributed by atoms with Crippen molar-refractivity contribution in [2.24, 2.45) is 0 Å². The lowest BCUT2D eigenvalue weighted by Gasteiger charge is -2.42. The van der Waals surface area contributed by atoms with Crippen molar-refractivity contribution in [2.75, 3.05) is 11.9 Å². The molecule has 0 unspecified atom stereocenters. The average Bonchev–Trinajstić information content (AvgIpc) is 3.39. The van der Waals surface area contributed by atoms with Crippen molar-refractivity contribution in [3.8, 4) is 22.7 Å². The molecule has 0 radical (unpaired) electrons. The van der Waals surface area contributed by atoms with Gasteiger partial charge >= 0.3 is 0 Å². The molecule has 1 fully saturated rings. The van der Waals surface area contributed by atoms with Crippen molar-refractivity contribution in [1.82, 2.24) is 35.5 Å². The zero-order valence-corrected chi connectivity index (χ0v) is 16.5. The van der Waals surface area contributed by atoms with Crippen molar-refractivity contribution in [3.05, 3.63) is 48.9 Å². The number of anilines is 1. The minimum Gasteiger partial charge on any atom is -0.507 e.